The third-order valence-electron chi connectivity index (χ3n) is 1.23. The highest BCUT2D eigenvalue weighted by Crippen LogP contribution is 2.26. The van der Waals surface area contributed by atoms with Crippen molar-refractivity contribution in [2.24, 2.45) is 0 Å². The molecule has 3 nitrogen and oxygen atoms in total. The first kappa shape index (κ1) is 7.33. The second-order valence-corrected chi connectivity index (χ2v) is 1.97. The molecule has 0 aromatic rings. The number of aliphatic hydroxyl groups is 1. The number of carbonyl (C=O) groups excluding carboxylic acids is 1. The minimum atomic E-state index is -4.53. The third-order valence-corrected chi connectivity index (χ3v) is 1.23. The fourth-order valence-corrected chi connectivity index (χ4v) is 0.634. The molecule has 2 N–H and O–H groups in total. The lowest BCUT2D eigenvalue weighted by atomic mass is 10.0. The van der Waals surface area contributed by atoms with Crippen molar-refractivity contribution in [3.63, 3.8) is 0 Å². The van der Waals surface area contributed by atoms with E-state index in [-0.39, 0.29) is 0 Å². The van der Waals surface area contributed by atoms with Crippen molar-refractivity contribution < 1.29 is 23.1 Å². The van der Waals surface area contributed by atoms with Gasteiger partial charge in [0.1, 0.15) is 0 Å². The maximum Gasteiger partial charge on any atom is 0.411 e. The van der Waals surface area contributed by atoms with Gasteiger partial charge in [-0.2, -0.15) is 13.2 Å². The number of β-lactam (4-membered cyclic amide) rings is 1. The highest BCUT2D eigenvalue weighted by molar-refractivity contribution is 5.88. The van der Waals surface area contributed by atoms with E-state index in [1.54, 1.807) is 0 Å². The smallest absolute Gasteiger partial charge is 0.381 e. The van der Waals surface area contributed by atoms with Crippen molar-refractivity contribution in [1.29, 1.82) is 0 Å². The largest absolute Gasteiger partial charge is 0.411 e. The van der Waals surface area contributed by atoms with E-state index in [1.807, 2.05) is 0 Å². The standard InChI is InChI=1S/C4H4F3NO2/c5-4(6,7)2-1(9)3(10)8-2/h1-2,9H,(H,8,10). The topological polar surface area (TPSA) is 49.3 Å². The number of carbonyl (C=O) groups is 1. The predicted octanol–water partition coefficient (Wildman–Crippen LogP) is -0.592. The summed E-state index contributed by atoms with van der Waals surface area (Å²) < 4.78 is 34.6. The zero-order valence-electron chi connectivity index (χ0n) is 4.64. The van der Waals surface area contributed by atoms with Crippen molar-refractivity contribution in [1.82, 2.24) is 5.32 Å². The van der Waals surface area contributed by atoms with E-state index >= 15 is 0 Å². The summed E-state index contributed by atoms with van der Waals surface area (Å²) in [6.45, 7) is 0. The molecule has 0 radical (unpaired) electrons. The minimum Gasteiger partial charge on any atom is -0.381 e. The molecule has 6 heteroatoms. The van der Waals surface area contributed by atoms with Gasteiger partial charge in [0.15, 0.2) is 12.1 Å². The molecule has 1 fully saturated rings. The van der Waals surface area contributed by atoms with Gasteiger partial charge in [-0.05, 0) is 0 Å². The lowest BCUT2D eigenvalue weighted by Crippen LogP contribution is -2.68. The molecule has 0 saturated carbocycles. The second-order valence-electron chi connectivity index (χ2n) is 1.97. The molecule has 0 aromatic heterocycles. The summed E-state index contributed by atoms with van der Waals surface area (Å²) in [6, 6.07) is -2.07. The Morgan fingerprint density at radius 2 is 2.00 bits per heavy atom. The Hall–Kier alpha value is -0.780. The number of hydrogen-bond acceptors (Lipinski definition) is 2. The van der Waals surface area contributed by atoms with Crippen LogP contribution in [0.5, 0.6) is 0 Å². The van der Waals surface area contributed by atoms with Gasteiger partial charge in [0, 0.05) is 0 Å². The quantitative estimate of drug-likeness (QED) is 0.459. The molecular weight excluding hydrogens is 151 g/mol. The first-order chi connectivity index (χ1) is 4.43. The summed E-state index contributed by atoms with van der Waals surface area (Å²) in [7, 11) is 0. The van der Waals surface area contributed by atoms with Gasteiger partial charge in [-0.25, -0.2) is 0 Å². The average molecular weight is 155 g/mol. The maximum atomic E-state index is 11.5. The molecule has 1 aliphatic heterocycles. The fraction of sp³-hybridized carbons (Fsp3) is 0.750. The molecule has 1 heterocycles. The number of hydrogen-bond donors (Lipinski definition) is 2. The van der Waals surface area contributed by atoms with Crippen molar-refractivity contribution >= 4 is 5.91 Å². The molecule has 1 saturated heterocycles. The van der Waals surface area contributed by atoms with Crippen molar-refractivity contribution in [2.45, 2.75) is 18.3 Å². The van der Waals surface area contributed by atoms with Gasteiger partial charge >= 0.3 is 6.18 Å². The van der Waals surface area contributed by atoms with Crippen molar-refractivity contribution in [3.05, 3.63) is 0 Å². The monoisotopic (exact) mass is 155 g/mol. The van der Waals surface area contributed by atoms with E-state index in [0.717, 1.165) is 0 Å². The molecule has 2 atom stereocenters. The number of halogens is 3. The Balaban J connectivity index is 2.56. The zero-order chi connectivity index (χ0) is 7.94. The van der Waals surface area contributed by atoms with Crippen LogP contribution < -0.4 is 5.32 Å². The van der Waals surface area contributed by atoms with Crippen LogP contribution in [0.15, 0.2) is 0 Å². The number of amides is 1. The van der Waals surface area contributed by atoms with Gasteiger partial charge < -0.3 is 10.4 Å². The third kappa shape index (κ3) is 0.942. The molecule has 0 aliphatic carbocycles. The van der Waals surface area contributed by atoms with Crippen LogP contribution in [-0.2, 0) is 4.79 Å². The van der Waals surface area contributed by atoms with Crippen LogP contribution in [0.25, 0.3) is 0 Å². The molecule has 10 heavy (non-hydrogen) atoms. The Kier molecular flexibility index (Phi) is 1.36. The van der Waals surface area contributed by atoms with Gasteiger partial charge in [0.05, 0.1) is 0 Å². The molecule has 1 amide bonds. The van der Waals surface area contributed by atoms with Gasteiger partial charge in [-0.15, -0.1) is 0 Å². The van der Waals surface area contributed by atoms with Crippen LogP contribution >= 0.6 is 0 Å². The predicted molar refractivity (Wildman–Crippen MR) is 24.0 cm³/mol. The average Bonchev–Trinajstić information content (AvgIpc) is 1.79. The van der Waals surface area contributed by atoms with E-state index in [9.17, 15) is 18.0 Å². The molecule has 1 rings (SSSR count). The number of alkyl halides is 3. The molecule has 1 aliphatic rings. The Morgan fingerprint density at radius 1 is 1.50 bits per heavy atom. The Labute approximate surface area is 53.8 Å². The van der Waals surface area contributed by atoms with Gasteiger partial charge in [-0.3, -0.25) is 4.79 Å². The van der Waals surface area contributed by atoms with Gasteiger partial charge in [0.2, 0.25) is 0 Å². The SMILES string of the molecule is O=C1NC(C(F)(F)F)C1O. The Bertz CT molecular complexity index is 166. The molecule has 0 bridgehead atoms. The van der Waals surface area contributed by atoms with Gasteiger partial charge in [0.25, 0.3) is 5.91 Å². The van der Waals surface area contributed by atoms with Crippen molar-refractivity contribution in [3.8, 4) is 0 Å². The summed E-state index contributed by atoms with van der Waals surface area (Å²) in [4.78, 5) is 10.0. The highest BCUT2D eigenvalue weighted by Gasteiger charge is 2.54. The molecule has 0 aromatic carbocycles. The summed E-state index contributed by atoms with van der Waals surface area (Å²) >= 11 is 0. The van der Waals surface area contributed by atoms with Crippen LogP contribution in [0, 0.1) is 0 Å². The first-order valence-corrected chi connectivity index (χ1v) is 2.48. The summed E-state index contributed by atoms with van der Waals surface area (Å²) in [5.74, 6) is -0.970. The van der Waals surface area contributed by atoms with Crippen LogP contribution in [0.3, 0.4) is 0 Å². The molecular formula is C4H4F3NO2. The molecule has 58 valence electrons. The van der Waals surface area contributed by atoms with Gasteiger partial charge in [-0.1, -0.05) is 0 Å². The fourth-order valence-electron chi connectivity index (χ4n) is 0.634. The van der Waals surface area contributed by atoms with Crippen LogP contribution in [0.4, 0.5) is 13.2 Å². The Morgan fingerprint density at radius 3 is 2.10 bits per heavy atom. The normalized spacial score (nSPS) is 33.0. The first-order valence-electron chi connectivity index (χ1n) is 2.48. The number of rotatable bonds is 0. The van der Waals surface area contributed by atoms with Crippen LogP contribution in [0.1, 0.15) is 0 Å². The van der Waals surface area contributed by atoms with Crippen LogP contribution in [0.2, 0.25) is 0 Å². The zero-order valence-corrected chi connectivity index (χ0v) is 4.64. The molecule has 0 spiro atoms. The van der Waals surface area contributed by atoms with E-state index < -0.39 is 24.2 Å². The molecule has 2 unspecified atom stereocenters. The number of nitrogens with one attached hydrogen (secondary N) is 1. The highest BCUT2D eigenvalue weighted by atomic mass is 19.4. The maximum absolute atomic E-state index is 11.5. The van der Waals surface area contributed by atoms with E-state index in [2.05, 4.69) is 0 Å². The summed E-state index contributed by atoms with van der Waals surface area (Å²) in [5, 5.41) is 9.90. The van der Waals surface area contributed by atoms with Crippen LogP contribution in [-0.4, -0.2) is 29.3 Å². The van der Waals surface area contributed by atoms with E-state index in [0.29, 0.717) is 0 Å². The van der Waals surface area contributed by atoms with Crippen molar-refractivity contribution in [2.75, 3.05) is 0 Å². The van der Waals surface area contributed by atoms with E-state index in [4.69, 9.17) is 5.11 Å². The summed E-state index contributed by atoms with van der Waals surface area (Å²) in [6.07, 6.45) is -6.45. The number of aliphatic hydroxyl groups excluding tert-OH is 1. The second kappa shape index (κ2) is 1.85. The summed E-state index contributed by atoms with van der Waals surface area (Å²) in [5.41, 5.74) is 0. The lowest BCUT2D eigenvalue weighted by Gasteiger charge is -2.33. The minimum absolute atomic E-state index is 0.970. The van der Waals surface area contributed by atoms with E-state index in [1.165, 1.54) is 5.32 Å². The lowest BCUT2D eigenvalue weighted by molar-refractivity contribution is -0.204.